The van der Waals surface area contributed by atoms with E-state index in [0.717, 1.165) is 11.0 Å². The Morgan fingerprint density at radius 1 is 1.22 bits per heavy atom. The minimum atomic E-state index is -4.39. The largest absolute Gasteiger partial charge is 0.418 e. The van der Waals surface area contributed by atoms with Crippen LogP contribution in [0.15, 0.2) is 35.4 Å². The summed E-state index contributed by atoms with van der Waals surface area (Å²) in [7, 11) is 0. The van der Waals surface area contributed by atoms with Gasteiger partial charge in [-0.15, -0.1) is 11.8 Å². The number of pyridine rings is 1. The third kappa shape index (κ3) is 2.59. The minimum absolute atomic E-state index is 0.00739. The number of aromatic nitrogens is 1. The van der Waals surface area contributed by atoms with E-state index in [4.69, 9.17) is 5.73 Å². The summed E-state index contributed by atoms with van der Waals surface area (Å²) < 4.78 is 38.5. The Balaban J connectivity index is 2.58. The van der Waals surface area contributed by atoms with Gasteiger partial charge in [-0.3, -0.25) is 4.98 Å². The first-order valence-electron chi connectivity index (χ1n) is 5.32. The lowest BCUT2D eigenvalue weighted by Crippen LogP contribution is -2.06. The summed E-state index contributed by atoms with van der Waals surface area (Å²) in [6.45, 7) is 0.480. The van der Waals surface area contributed by atoms with Crippen molar-refractivity contribution in [2.45, 2.75) is 11.1 Å². The maximum Gasteiger partial charge on any atom is 0.418 e. The molecule has 2 aromatic rings. The van der Waals surface area contributed by atoms with Gasteiger partial charge in [-0.05, 0) is 12.1 Å². The second-order valence-corrected chi connectivity index (χ2v) is 4.78. The number of hydrogen-bond acceptors (Lipinski definition) is 3. The van der Waals surface area contributed by atoms with Crippen molar-refractivity contribution in [3.05, 3.63) is 36.0 Å². The van der Waals surface area contributed by atoms with Crippen LogP contribution in [0, 0.1) is 0 Å². The Kier molecular flexibility index (Phi) is 3.77. The molecule has 0 fully saturated rings. The van der Waals surface area contributed by atoms with Gasteiger partial charge in [0.1, 0.15) is 0 Å². The van der Waals surface area contributed by atoms with Crippen molar-refractivity contribution in [2.75, 3.05) is 12.3 Å². The predicted octanol–water partition coefficient (Wildman–Crippen LogP) is 3.30. The molecule has 0 saturated carbocycles. The number of para-hydroxylation sites is 1. The van der Waals surface area contributed by atoms with Crippen LogP contribution < -0.4 is 5.73 Å². The van der Waals surface area contributed by atoms with Gasteiger partial charge in [0, 0.05) is 28.8 Å². The highest BCUT2D eigenvalue weighted by atomic mass is 32.2. The summed E-state index contributed by atoms with van der Waals surface area (Å²) in [5, 5.41) is 0.519. The zero-order valence-corrected chi connectivity index (χ0v) is 10.2. The van der Waals surface area contributed by atoms with Crippen molar-refractivity contribution in [2.24, 2.45) is 5.73 Å². The van der Waals surface area contributed by atoms with Crippen LogP contribution in [0.2, 0.25) is 0 Å². The molecule has 0 aliphatic heterocycles. The monoisotopic (exact) mass is 272 g/mol. The summed E-state index contributed by atoms with van der Waals surface area (Å²) in [5.41, 5.74) is 4.70. The van der Waals surface area contributed by atoms with Crippen molar-refractivity contribution in [1.29, 1.82) is 0 Å². The molecule has 0 aliphatic carbocycles. The first kappa shape index (κ1) is 13.2. The number of fused-ring (bicyclic) bond motifs is 1. The van der Waals surface area contributed by atoms with Crippen LogP contribution in [0.25, 0.3) is 10.9 Å². The van der Waals surface area contributed by atoms with E-state index in [2.05, 4.69) is 4.98 Å². The van der Waals surface area contributed by atoms with E-state index in [-0.39, 0.29) is 5.52 Å². The number of nitrogens with two attached hydrogens (primary N) is 1. The van der Waals surface area contributed by atoms with Gasteiger partial charge in [-0.2, -0.15) is 13.2 Å². The molecular formula is C12H11F3N2S. The molecule has 0 saturated heterocycles. The molecule has 1 heterocycles. The molecule has 0 amide bonds. The van der Waals surface area contributed by atoms with E-state index in [9.17, 15) is 13.2 Å². The van der Waals surface area contributed by atoms with Crippen LogP contribution in [0.4, 0.5) is 13.2 Å². The Bertz CT molecular complexity index is 555. The Morgan fingerprint density at radius 2 is 2.00 bits per heavy atom. The van der Waals surface area contributed by atoms with Crippen LogP contribution >= 0.6 is 11.8 Å². The van der Waals surface area contributed by atoms with Gasteiger partial charge in [-0.25, -0.2) is 0 Å². The fraction of sp³-hybridized carbons (Fsp3) is 0.250. The van der Waals surface area contributed by atoms with E-state index in [1.165, 1.54) is 24.0 Å². The standard InChI is InChI=1S/C12H11F3N2S/c13-12(14,15)9-3-1-2-8-10(18-7-5-16)4-6-17-11(8)9/h1-4,6H,5,7,16H2. The predicted molar refractivity (Wildman–Crippen MR) is 66.5 cm³/mol. The summed E-state index contributed by atoms with van der Waals surface area (Å²) >= 11 is 1.44. The lowest BCUT2D eigenvalue weighted by molar-refractivity contribution is -0.136. The quantitative estimate of drug-likeness (QED) is 0.871. The second-order valence-electron chi connectivity index (χ2n) is 3.65. The van der Waals surface area contributed by atoms with E-state index >= 15 is 0 Å². The molecule has 0 unspecified atom stereocenters. The molecule has 6 heteroatoms. The van der Waals surface area contributed by atoms with Gasteiger partial charge < -0.3 is 5.73 Å². The molecule has 2 N–H and O–H groups in total. The van der Waals surface area contributed by atoms with Crippen LogP contribution in [0.3, 0.4) is 0 Å². The molecule has 0 radical (unpaired) electrons. The number of hydrogen-bond donors (Lipinski definition) is 1. The summed E-state index contributed by atoms with van der Waals surface area (Å²) in [5.74, 6) is 0.662. The number of thioether (sulfide) groups is 1. The van der Waals surface area contributed by atoms with Crippen molar-refractivity contribution in [3.63, 3.8) is 0 Å². The average Bonchev–Trinajstić information content (AvgIpc) is 2.34. The molecule has 2 rings (SSSR count). The van der Waals surface area contributed by atoms with Gasteiger partial charge in [0.2, 0.25) is 0 Å². The molecule has 0 aliphatic rings. The van der Waals surface area contributed by atoms with Crippen LogP contribution in [0.5, 0.6) is 0 Å². The number of alkyl halides is 3. The molecule has 1 aromatic heterocycles. The lowest BCUT2D eigenvalue weighted by Gasteiger charge is -2.11. The second kappa shape index (κ2) is 5.16. The molecule has 18 heavy (non-hydrogen) atoms. The third-order valence-electron chi connectivity index (χ3n) is 2.41. The molecule has 2 nitrogen and oxygen atoms in total. The Morgan fingerprint density at radius 3 is 2.67 bits per heavy atom. The fourth-order valence-corrected chi connectivity index (χ4v) is 2.49. The zero-order valence-electron chi connectivity index (χ0n) is 9.37. The van der Waals surface area contributed by atoms with Crippen molar-refractivity contribution in [1.82, 2.24) is 4.98 Å². The Labute approximate surface area is 106 Å². The van der Waals surface area contributed by atoms with E-state index in [0.29, 0.717) is 17.7 Å². The van der Waals surface area contributed by atoms with Crippen LogP contribution in [-0.2, 0) is 6.18 Å². The fourth-order valence-electron chi connectivity index (χ4n) is 1.67. The van der Waals surface area contributed by atoms with E-state index in [1.54, 1.807) is 12.1 Å². The van der Waals surface area contributed by atoms with Crippen LogP contribution in [0.1, 0.15) is 5.56 Å². The van der Waals surface area contributed by atoms with Gasteiger partial charge in [-0.1, -0.05) is 12.1 Å². The summed E-state index contributed by atoms with van der Waals surface area (Å²) in [6, 6.07) is 5.81. The molecule has 1 aromatic carbocycles. The van der Waals surface area contributed by atoms with E-state index < -0.39 is 11.7 Å². The summed E-state index contributed by atoms with van der Waals surface area (Å²) in [4.78, 5) is 4.63. The SMILES string of the molecule is NCCSc1ccnc2c(C(F)(F)F)cccc12. The number of benzene rings is 1. The molecule has 0 bridgehead atoms. The van der Waals surface area contributed by atoms with Crippen molar-refractivity contribution < 1.29 is 13.2 Å². The first-order valence-corrected chi connectivity index (χ1v) is 6.30. The highest BCUT2D eigenvalue weighted by Crippen LogP contribution is 2.36. The summed E-state index contributed by atoms with van der Waals surface area (Å²) in [6.07, 6.45) is -2.99. The zero-order chi connectivity index (χ0) is 13.2. The highest BCUT2D eigenvalue weighted by Gasteiger charge is 2.33. The number of nitrogens with zero attached hydrogens (tertiary/aromatic N) is 1. The van der Waals surface area contributed by atoms with Gasteiger partial charge >= 0.3 is 6.18 Å². The Hall–Kier alpha value is -1.27. The first-order chi connectivity index (χ1) is 8.54. The molecular weight excluding hydrogens is 261 g/mol. The van der Waals surface area contributed by atoms with Crippen LogP contribution in [-0.4, -0.2) is 17.3 Å². The van der Waals surface area contributed by atoms with Gasteiger partial charge in [0.25, 0.3) is 0 Å². The van der Waals surface area contributed by atoms with Gasteiger partial charge in [0.05, 0.1) is 11.1 Å². The van der Waals surface area contributed by atoms with Crippen molar-refractivity contribution in [3.8, 4) is 0 Å². The smallest absolute Gasteiger partial charge is 0.330 e. The normalized spacial score (nSPS) is 12.0. The number of rotatable bonds is 3. The number of halogens is 3. The lowest BCUT2D eigenvalue weighted by atomic mass is 10.1. The van der Waals surface area contributed by atoms with Crippen molar-refractivity contribution >= 4 is 22.7 Å². The van der Waals surface area contributed by atoms with E-state index in [1.807, 2.05) is 0 Å². The maximum atomic E-state index is 12.8. The minimum Gasteiger partial charge on any atom is -0.330 e. The average molecular weight is 272 g/mol. The topological polar surface area (TPSA) is 38.9 Å². The third-order valence-corrected chi connectivity index (χ3v) is 3.52. The highest BCUT2D eigenvalue weighted by molar-refractivity contribution is 7.99. The molecule has 96 valence electrons. The molecule has 0 spiro atoms. The van der Waals surface area contributed by atoms with Gasteiger partial charge in [0.15, 0.2) is 0 Å². The maximum absolute atomic E-state index is 12.8. The molecule has 0 atom stereocenters.